The zero-order valence-electron chi connectivity index (χ0n) is 19.8. The van der Waals surface area contributed by atoms with Crippen molar-refractivity contribution in [3.63, 3.8) is 0 Å². The molecular formula is C24H31N3O6. The molecule has 33 heavy (non-hydrogen) atoms. The zero-order valence-corrected chi connectivity index (χ0v) is 19.8. The van der Waals surface area contributed by atoms with Crippen molar-refractivity contribution in [1.82, 2.24) is 5.43 Å². The Labute approximate surface area is 193 Å². The lowest BCUT2D eigenvalue weighted by Crippen LogP contribution is -2.25. The van der Waals surface area contributed by atoms with Crippen molar-refractivity contribution in [2.75, 3.05) is 13.7 Å². The second kappa shape index (κ2) is 10.3. The summed E-state index contributed by atoms with van der Waals surface area (Å²) in [6.45, 7) is 10.8. The highest BCUT2D eigenvalue weighted by atomic mass is 16.6. The normalized spacial score (nSPS) is 11.9. The second-order valence-electron chi connectivity index (χ2n) is 9.54. The molecular weight excluding hydrogens is 426 g/mol. The van der Waals surface area contributed by atoms with E-state index in [0.29, 0.717) is 5.75 Å². The molecule has 0 aliphatic rings. The van der Waals surface area contributed by atoms with Gasteiger partial charge in [-0.3, -0.25) is 14.9 Å². The van der Waals surface area contributed by atoms with Crippen molar-refractivity contribution in [1.29, 1.82) is 0 Å². The highest BCUT2D eigenvalue weighted by Crippen LogP contribution is 2.38. The number of rotatable bonds is 9. The third-order valence-corrected chi connectivity index (χ3v) is 4.90. The van der Waals surface area contributed by atoms with Gasteiger partial charge >= 0.3 is 5.69 Å². The number of hydrogen-bond acceptors (Lipinski definition) is 7. The molecule has 0 saturated heterocycles. The van der Waals surface area contributed by atoms with Crippen LogP contribution in [0.2, 0.25) is 0 Å². The lowest BCUT2D eigenvalue weighted by molar-refractivity contribution is -0.386. The molecule has 0 bridgehead atoms. The van der Waals surface area contributed by atoms with E-state index in [-0.39, 0.29) is 34.5 Å². The van der Waals surface area contributed by atoms with Gasteiger partial charge in [0.15, 0.2) is 12.4 Å². The minimum atomic E-state index is -0.697. The molecule has 0 fully saturated rings. The van der Waals surface area contributed by atoms with Crippen molar-refractivity contribution < 1.29 is 24.3 Å². The summed E-state index contributed by atoms with van der Waals surface area (Å²) in [7, 11) is 1.21. The second-order valence-corrected chi connectivity index (χ2v) is 9.54. The molecule has 1 amide bonds. The van der Waals surface area contributed by atoms with Crippen molar-refractivity contribution >= 4 is 17.8 Å². The number of phenols is 1. The summed E-state index contributed by atoms with van der Waals surface area (Å²) < 4.78 is 10.4. The molecule has 2 N–H and O–H groups in total. The van der Waals surface area contributed by atoms with Crippen LogP contribution >= 0.6 is 0 Å². The summed E-state index contributed by atoms with van der Waals surface area (Å²) in [5, 5.41) is 24.8. The van der Waals surface area contributed by atoms with Gasteiger partial charge in [-0.15, -0.1) is 0 Å². The number of ether oxygens (including phenoxy) is 2. The van der Waals surface area contributed by atoms with E-state index < -0.39 is 16.5 Å². The van der Waals surface area contributed by atoms with Crippen LogP contribution in [-0.2, 0) is 10.2 Å². The molecule has 2 rings (SSSR count). The van der Waals surface area contributed by atoms with E-state index in [1.54, 1.807) is 0 Å². The number of amides is 1. The monoisotopic (exact) mass is 457 g/mol. The van der Waals surface area contributed by atoms with E-state index in [0.717, 1.165) is 12.6 Å². The lowest BCUT2D eigenvalue weighted by Gasteiger charge is -2.33. The Morgan fingerprint density at radius 2 is 1.79 bits per heavy atom. The van der Waals surface area contributed by atoms with Gasteiger partial charge in [0.2, 0.25) is 5.75 Å². The Kier molecular flexibility index (Phi) is 8.03. The summed E-state index contributed by atoms with van der Waals surface area (Å²) in [5.41, 5.74) is 3.25. The van der Waals surface area contributed by atoms with Crippen LogP contribution in [0.1, 0.15) is 52.2 Å². The van der Waals surface area contributed by atoms with Crippen molar-refractivity contribution in [2.24, 2.45) is 10.5 Å². The fourth-order valence-corrected chi connectivity index (χ4v) is 3.85. The predicted molar refractivity (Wildman–Crippen MR) is 126 cm³/mol. The number of nitro benzene ring substituents is 1. The van der Waals surface area contributed by atoms with Gasteiger partial charge in [0.1, 0.15) is 5.75 Å². The van der Waals surface area contributed by atoms with Crippen LogP contribution in [-0.4, -0.2) is 35.9 Å². The fourth-order valence-electron chi connectivity index (χ4n) is 3.85. The molecule has 0 saturated carbocycles. The standard InChI is InChI=1S/C24H31N3O6/c1-23(2,3)15-24(4,5)17-8-10-18(11-9-17)33-14-20(29)26-25-13-16-7-12-19(28)22(32-6)21(16)27(30)31/h7-13,28H,14-15H2,1-6H3,(H,26,29)/b25-13+. The smallest absolute Gasteiger partial charge is 0.323 e. The molecule has 0 aliphatic carbocycles. The SMILES string of the molecule is COc1c(O)ccc(/C=N/NC(=O)COc2ccc(C(C)(C)CC(C)(C)C)cc2)c1[N+](=O)[O-]. The molecule has 2 aromatic rings. The maximum atomic E-state index is 12.0. The third kappa shape index (κ3) is 7.20. The summed E-state index contributed by atoms with van der Waals surface area (Å²) in [5.74, 6) is -0.639. The van der Waals surface area contributed by atoms with Crippen LogP contribution < -0.4 is 14.9 Å². The van der Waals surface area contributed by atoms with Gasteiger partial charge in [0.25, 0.3) is 5.91 Å². The minimum Gasteiger partial charge on any atom is -0.504 e. The van der Waals surface area contributed by atoms with Crippen LogP contribution in [0, 0.1) is 15.5 Å². The van der Waals surface area contributed by atoms with Crippen LogP contribution in [0.4, 0.5) is 5.69 Å². The van der Waals surface area contributed by atoms with Gasteiger partial charge in [0, 0.05) is 0 Å². The Morgan fingerprint density at radius 3 is 2.33 bits per heavy atom. The zero-order chi connectivity index (χ0) is 24.8. The fraction of sp³-hybridized carbons (Fsp3) is 0.417. The molecule has 9 nitrogen and oxygen atoms in total. The molecule has 0 heterocycles. The number of nitrogens with zero attached hydrogens (tertiary/aromatic N) is 2. The van der Waals surface area contributed by atoms with E-state index in [2.05, 4.69) is 45.1 Å². The van der Waals surface area contributed by atoms with E-state index in [1.165, 1.54) is 24.8 Å². The summed E-state index contributed by atoms with van der Waals surface area (Å²) in [4.78, 5) is 22.6. The molecule has 0 aromatic heterocycles. The number of hydrazone groups is 1. The lowest BCUT2D eigenvalue weighted by atomic mass is 9.72. The van der Waals surface area contributed by atoms with Crippen LogP contribution in [0.15, 0.2) is 41.5 Å². The van der Waals surface area contributed by atoms with Gasteiger partial charge in [-0.2, -0.15) is 5.10 Å². The van der Waals surface area contributed by atoms with Crippen molar-refractivity contribution in [3.05, 3.63) is 57.6 Å². The molecule has 178 valence electrons. The number of benzene rings is 2. The summed E-state index contributed by atoms with van der Waals surface area (Å²) in [6, 6.07) is 10.2. The number of carbonyl (C=O) groups excluding carboxylic acids is 1. The largest absolute Gasteiger partial charge is 0.504 e. The number of nitro groups is 1. The average Bonchev–Trinajstić information content (AvgIpc) is 2.71. The highest BCUT2D eigenvalue weighted by Gasteiger charge is 2.27. The topological polar surface area (TPSA) is 123 Å². The molecule has 0 spiro atoms. The Bertz CT molecular complexity index is 1020. The van der Waals surface area contributed by atoms with E-state index >= 15 is 0 Å². The Balaban J connectivity index is 1.97. The summed E-state index contributed by atoms with van der Waals surface area (Å²) in [6.07, 6.45) is 2.12. The van der Waals surface area contributed by atoms with E-state index in [9.17, 15) is 20.0 Å². The molecule has 9 heteroatoms. The molecule has 0 atom stereocenters. The highest BCUT2D eigenvalue weighted by molar-refractivity contribution is 5.89. The maximum absolute atomic E-state index is 12.0. The number of phenolic OH excluding ortho intramolecular Hbond substituents is 1. The predicted octanol–water partition coefficient (Wildman–Crippen LogP) is 4.55. The first kappa shape index (κ1) is 25.6. The number of methoxy groups -OCH3 is 1. The first-order chi connectivity index (χ1) is 15.3. The first-order valence-corrected chi connectivity index (χ1v) is 10.4. The van der Waals surface area contributed by atoms with Crippen molar-refractivity contribution in [3.8, 4) is 17.2 Å². The number of aromatic hydroxyl groups is 1. The van der Waals surface area contributed by atoms with Gasteiger partial charge in [-0.1, -0.05) is 46.8 Å². The van der Waals surface area contributed by atoms with Gasteiger partial charge in [0.05, 0.1) is 23.8 Å². The van der Waals surface area contributed by atoms with Gasteiger partial charge < -0.3 is 14.6 Å². The minimum absolute atomic E-state index is 0.00237. The van der Waals surface area contributed by atoms with Crippen LogP contribution in [0.25, 0.3) is 0 Å². The molecule has 2 aromatic carbocycles. The summed E-state index contributed by atoms with van der Waals surface area (Å²) >= 11 is 0. The Hall–Kier alpha value is -3.62. The number of carbonyl (C=O) groups is 1. The van der Waals surface area contributed by atoms with Crippen LogP contribution in [0.3, 0.4) is 0 Å². The molecule has 0 radical (unpaired) electrons. The number of hydrogen-bond donors (Lipinski definition) is 2. The van der Waals surface area contributed by atoms with Gasteiger partial charge in [-0.05, 0) is 47.1 Å². The maximum Gasteiger partial charge on any atom is 0.323 e. The molecule has 0 aliphatic heterocycles. The van der Waals surface area contributed by atoms with Crippen molar-refractivity contribution in [2.45, 2.75) is 46.5 Å². The van der Waals surface area contributed by atoms with Crippen LogP contribution in [0.5, 0.6) is 17.2 Å². The first-order valence-electron chi connectivity index (χ1n) is 10.4. The Morgan fingerprint density at radius 1 is 1.15 bits per heavy atom. The third-order valence-electron chi connectivity index (χ3n) is 4.90. The van der Waals surface area contributed by atoms with E-state index in [1.807, 2.05) is 24.3 Å². The van der Waals surface area contributed by atoms with E-state index in [4.69, 9.17) is 9.47 Å². The van der Waals surface area contributed by atoms with Gasteiger partial charge in [-0.25, -0.2) is 5.43 Å². The number of nitrogens with one attached hydrogen (secondary N) is 1. The molecule has 0 unspecified atom stereocenters. The average molecular weight is 458 g/mol. The quantitative estimate of drug-likeness (QED) is 0.323.